The summed E-state index contributed by atoms with van der Waals surface area (Å²) >= 11 is 7.47. The number of carbonyl (C=O) groups excluding carboxylic acids is 1. The van der Waals surface area contributed by atoms with Crippen molar-refractivity contribution < 1.29 is 4.79 Å². The van der Waals surface area contributed by atoms with Crippen molar-refractivity contribution in [3.05, 3.63) is 63.9 Å². The zero-order valence-electron chi connectivity index (χ0n) is 16.5. The van der Waals surface area contributed by atoms with Gasteiger partial charge >= 0.3 is 0 Å². The molecule has 0 aliphatic carbocycles. The molecule has 7 nitrogen and oxygen atoms in total. The maximum atomic E-state index is 13.2. The van der Waals surface area contributed by atoms with Crippen LogP contribution in [0, 0.1) is 22.7 Å². The quantitative estimate of drug-likeness (QED) is 0.381. The first kappa shape index (κ1) is 22.4. The standard InChI is InChI=1S/C22H18ClN5O2S/c23-17-8-2-4-10-19(17)28-21(30)16-7-1-3-9-18(16)26-22(28)31-15-20(29)27(13-5-11-24)14-6-12-25/h1-4,7-10H,5-6,13-15H2. The smallest absolute Gasteiger partial charge is 0.266 e. The van der Waals surface area contributed by atoms with Crippen molar-refractivity contribution in [2.24, 2.45) is 0 Å². The Labute approximate surface area is 188 Å². The summed E-state index contributed by atoms with van der Waals surface area (Å²) in [6.45, 7) is 0.500. The molecule has 0 aliphatic rings. The highest BCUT2D eigenvalue weighted by molar-refractivity contribution is 7.99. The molecule has 0 saturated heterocycles. The molecular weight excluding hydrogens is 434 g/mol. The van der Waals surface area contributed by atoms with Crippen LogP contribution in [0.1, 0.15) is 12.8 Å². The third-order valence-corrected chi connectivity index (χ3v) is 5.75. The van der Waals surface area contributed by atoms with E-state index in [0.29, 0.717) is 26.8 Å². The van der Waals surface area contributed by atoms with E-state index in [-0.39, 0.29) is 43.2 Å². The lowest BCUT2D eigenvalue weighted by Crippen LogP contribution is -2.34. The second-order valence-corrected chi connectivity index (χ2v) is 7.84. The Hall–Kier alpha value is -3.33. The minimum absolute atomic E-state index is 0.00604. The molecule has 0 radical (unpaired) electrons. The van der Waals surface area contributed by atoms with Gasteiger partial charge in [-0.05, 0) is 24.3 Å². The molecule has 0 aliphatic heterocycles. The van der Waals surface area contributed by atoms with Crippen molar-refractivity contribution in [1.82, 2.24) is 14.5 Å². The summed E-state index contributed by atoms with van der Waals surface area (Å²) in [7, 11) is 0. The minimum Gasteiger partial charge on any atom is -0.340 e. The van der Waals surface area contributed by atoms with E-state index in [1.165, 1.54) is 9.47 Å². The molecule has 0 N–H and O–H groups in total. The van der Waals surface area contributed by atoms with Gasteiger partial charge in [-0.15, -0.1) is 0 Å². The summed E-state index contributed by atoms with van der Waals surface area (Å²) in [6.07, 6.45) is 0.362. The first-order valence-electron chi connectivity index (χ1n) is 9.48. The number of para-hydroxylation sites is 2. The molecule has 31 heavy (non-hydrogen) atoms. The van der Waals surface area contributed by atoms with Crippen LogP contribution in [-0.2, 0) is 4.79 Å². The largest absolute Gasteiger partial charge is 0.340 e. The van der Waals surface area contributed by atoms with Gasteiger partial charge in [-0.2, -0.15) is 10.5 Å². The first-order chi connectivity index (χ1) is 15.1. The van der Waals surface area contributed by atoms with Crippen LogP contribution < -0.4 is 5.56 Å². The van der Waals surface area contributed by atoms with E-state index in [0.717, 1.165) is 11.8 Å². The number of nitrogens with zero attached hydrogens (tertiary/aromatic N) is 5. The molecule has 0 unspecified atom stereocenters. The highest BCUT2D eigenvalue weighted by Gasteiger charge is 2.18. The maximum absolute atomic E-state index is 13.2. The zero-order valence-corrected chi connectivity index (χ0v) is 18.1. The van der Waals surface area contributed by atoms with Gasteiger partial charge in [0.2, 0.25) is 5.91 Å². The fourth-order valence-electron chi connectivity index (χ4n) is 3.00. The van der Waals surface area contributed by atoms with E-state index >= 15 is 0 Å². The van der Waals surface area contributed by atoms with Gasteiger partial charge in [-0.1, -0.05) is 47.6 Å². The number of carbonyl (C=O) groups is 1. The predicted octanol–water partition coefficient (Wildman–Crippen LogP) is 3.79. The lowest BCUT2D eigenvalue weighted by Gasteiger charge is -2.20. The molecule has 1 aromatic heterocycles. The first-order valence-corrected chi connectivity index (χ1v) is 10.8. The van der Waals surface area contributed by atoms with E-state index in [4.69, 9.17) is 22.1 Å². The summed E-state index contributed by atoms with van der Waals surface area (Å²) in [4.78, 5) is 32.1. The van der Waals surface area contributed by atoms with Gasteiger partial charge in [-0.25, -0.2) is 4.98 Å². The van der Waals surface area contributed by atoms with Gasteiger partial charge in [0.25, 0.3) is 5.56 Å². The third-order valence-electron chi connectivity index (χ3n) is 4.50. The topological polar surface area (TPSA) is 103 Å². The molecule has 2 aromatic carbocycles. The summed E-state index contributed by atoms with van der Waals surface area (Å²) in [5.41, 5.74) is 0.726. The second-order valence-electron chi connectivity index (χ2n) is 6.49. The number of amides is 1. The van der Waals surface area contributed by atoms with Crippen molar-refractivity contribution in [2.75, 3.05) is 18.8 Å². The Kier molecular flexibility index (Phi) is 7.66. The second kappa shape index (κ2) is 10.6. The van der Waals surface area contributed by atoms with E-state index in [2.05, 4.69) is 4.98 Å². The van der Waals surface area contributed by atoms with Crippen LogP contribution in [0.4, 0.5) is 0 Å². The molecule has 0 atom stereocenters. The van der Waals surface area contributed by atoms with E-state index < -0.39 is 0 Å². The van der Waals surface area contributed by atoms with Gasteiger partial charge in [0, 0.05) is 13.1 Å². The normalized spacial score (nSPS) is 10.4. The number of nitriles is 2. The minimum atomic E-state index is -0.278. The Balaban J connectivity index is 1.98. The monoisotopic (exact) mass is 451 g/mol. The molecule has 1 heterocycles. The fraction of sp³-hybridized carbons (Fsp3) is 0.227. The zero-order chi connectivity index (χ0) is 22.2. The van der Waals surface area contributed by atoms with Crippen molar-refractivity contribution in [3.8, 4) is 17.8 Å². The highest BCUT2D eigenvalue weighted by atomic mass is 35.5. The number of thioether (sulfide) groups is 1. The molecule has 3 aromatic rings. The van der Waals surface area contributed by atoms with E-state index in [9.17, 15) is 9.59 Å². The lowest BCUT2D eigenvalue weighted by atomic mass is 10.2. The van der Waals surface area contributed by atoms with Gasteiger partial charge in [0.05, 0.1) is 52.3 Å². The Morgan fingerprint density at radius 3 is 2.39 bits per heavy atom. The van der Waals surface area contributed by atoms with Crippen molar-refractivity contribution in [2.45, 2.75) is 18.0 Å². The van der Waals surface area contributed by atoms with E-state index in [1.54, 1.807) is 48.5 Å². The number of fused-ring (bicyclic) bond motifs is 1. The molecule has 0 bridgehead atoms. The van der Waals surface area contributed by atoms with Crippen molar-refractivity contribution in [1.29, 1.82) is 10.5 Å². The average Bonchev–Trinajstić information content (AvgIpc) is 2.78. The van der Waals surface area contributed by atoms with E-state index in [1.807, 2.05) is 12.1 Å². The van der Waals surface area contributed by atoms with Crippen LogP contribution in [0.2, 0.25) is 5.02 Å². The van der Waals surface area contributed by atoms with Crippen LogP contribution >= 0.6 is 23.4 Å². The van der Waals surface area contributed by atoms with Crippen LogP contribution in [0.3, 0.4) is 0 Å². The molecule has 9 heteroatoms. The van der Waals surface area contributed by atoms with Crippen LogP contribution in [0.15, 0.2) is 58.5 Å². The van der Waals surface area contributed by atoms with Gasteiger partial charge in [0.15, 0.2) is 5.16 Å². The predicted molar refractivity (Wildman–Crippen MR) is 120 cm³/mol. The third kappa shape index (κ3) is 5.24. The summed E-state index contributed by atoms with van der Waals surface area (Å²) in [6, 6.07) is 18.0. The fourth-order valence-corrected chi connectivity index (χ4v) is 4.13. The SMILES string of the molecule is N#CCCN(CCC#N)C(=O)CSc1nc2ccccc2c(=O)n1-c1ccccc1Cl. The number of rotatable bonds is 8. The molecule has 3 rings (SSSR count). The molecule has 0 saturated carbocycles. The highest BCUT2D eigenvalue weighted by Crippen LogP contribution is 2.25. The molecule has 156 valence electrons. The maximum Gasteiger partial charge on any atom is 0.266 e. The van der Waals surface area contributed by atoms with Crippen molar-refractivity contribution in [3.63, 3.8) is 0 Å². The van der Waals surface area contributed by atoms with Crippen molar-refractivity contribution >= 4 is 40.2 Å². The van der Waals surface area contributed by atoms with Gasteiger partial charge in [0.1, 0.15) is 0 Å². The molecule has 0 fully saturated rings. The summed E-state index contributed by atoms with van der Waals surface area (Å²) in [5.74, 6) is -0.227. The number of hydrogen-bond acceptors (Lipinski definition) is 6. The summed E-state index contributed by atoms with van der Waals surface area (Å²) < 4.78 is 1.41. The van der Waals surface area contributed by atoms with Crippen LogP contribution in [-0.4, -0.2) is 39.2 Å². The van der Waals surface area contributed by atoms with Gasteiger partial charge in [-0.3, -0.25) is 14.2 Å². The van der Waals surface area contributed by atoms with Crippen LogP contribution in [0.25, 0.3) is 16.6 Å². The molecular formula is C22H18ClN5O2S. The molecule has 1 amide bonds. The number of hydrogen-bond donors (Lipinski definition) is 0. The average molecular weight is 452 g/mol. The Bertz CT molecular complexity index is 1230. The molecule has 0 spiro atoms. The Morgan fingerprint density at radius 1 is 1.06 bits per heavy atom. The number of benzene rings is 2. The number of aromatic nitrogens is 2. The van der Waals surface area contributed by atoms with Gasteiger partial charge < -0.3 is 4.90 Å². The van der Waals surface area contributed by atoms with Crippen LogP contribution in [0.5, 0.6) is 0 Å². The number of halogens is 1. The summed E-state index contributed by atoms with van der Waals surface area (Å²) in [5, 5.41) is 18.8. The lowest BCUT2D eigenvalue weighted by molar-refractivity contribution is -0.128. The Morgan fingerprint density at radius 2 is 1.71 bits per heavy atom.